The normalized spacial score (nSPS) is 11.1. The second kappa shape index (κ2) is 12.0. The van der Waals surface area contributed by atoms with Crippen molar-refractivity contribution in [2.45, 2.75) is 47.1 Å². The highest BCUT2D eigenvalue weighted by Crippen LogP contribution is 2.35. The molecule has 0 amide bonds. The van der Waals surface area contributed by atoms with Gasteiger partial charge in [-0.2, -0.15) is 0 Å². The lowest BCUT2D eigenvalue weighted by molar-refractivity contribution is -0.159. The molecule has 4 rings (SSSR count). The second-order valence-corrected chi connectivity index (χ2v) is 10.2. The van der Waals surface area contributed by atoms with Crippen molar-refractivity contribution in [1.82, 2.24) is 14.7 Å². The molecule has 2 aromatic carbocycles. The molecule has 0 spiro atoms. The van der Waals surface area contributed by atoms with Gasteiger partial charge in [0.1, 0.15) is 24.6 Å². The predicted molar refractivity (Wildman–Crippen MR) is 151 cm³/mol. The van der Waals surface area contributed by atoms with Crippen molar-refractivity contribution >= 4 is 17.3 Å². The summed E-state index contributed by atoms with van der Waals surface area (Å²) in [5.74, 6) is 6.60. The minimum Gasteiger partial charge on any atom is -0.458 e. The molecule has 202 valence electrons. The molecule has 0 bridgehead atoms. The number of nitrogens with zero attached hydrogens (tertiary/aromatic N) is 4. The van der Waals surface area contributed by atoms with Gasteiger partial charge < -0.3 is 23.5 Å². The Kier molecular flexibility index (Phi) is 8.52. The Hall–Kier alpha value is -4.35. The Balaban J connectivity index is 1.58. The summed E-state index contributed by atoms with van der Waals surface area (Å²) in [5.41, 5.74) is 6.45. The van der Waals surface area contributed by atoms with Crippen LogP contribution in [0.15, 0.2) is 65.7 Å². The van der Waals surface area contributed by atoms with Crippen molar-refractivity contribution in [3.63, 3.8) is 0 Å². The van der Waals surface area contributed by atoms with Gasteiger partial charge >= 0.3 is 5.97 Å². The molecule has 0 atom stereocenters. The van der Waals surface area contributed by atoms with E-state index in [9.17, 15) is 4.79 Å². The van der Waals surface area contributed by atoms with Gasteiger partial charge in [-0.05, 0) is 83.0 Å². The number of benzene rings is 2. The summed E-state index contributed by atoms with van der Waals surface area (Å²) in [6.45, 7) is 11.8. The van der Waals surface area contributed by atoms with Gasteiger partial charge in [0.05, 0.1) is 18.6 Å². The lowest BCUT2D eigenvalue weighted by Crippen LogP contribution is -2.26. The van der Waals surface area contributed by atoms with Gasteiger partial charge in [-0.15, -0.1) is 0 Å². The number of esters is 1. The molecule has 2 aromatic heterocycles. The maximum atomic E-state index is 11.9. The molecule has 0 unspecified atom stereocenters. The highest BCUT2D eigenvalue weighted by Gasteiger charge is 2.17. The molecular formula is C31H34N4O4. The number of hydrogen-bond acceptors (Lipinski definition) is 7. The van der Waals surface area contributed by atoms with E-state index in [2.05, 4.69) is 76.3 Å². The minimum atomic E-state index is -0.546. The van der Waals surface area contributed by atoms with E-state index in [1.54, 1.807) is 12.5 Å². The number of hydrogen-bond donors (Lipinski definition) is 0. The van der Waals surface area contributed by atoms with Gasteiger partial charge in [0.2, 0.25) is 0 Å². The molecule has 0 radical (unpaired) electrons. The summed E-state index contributed by atoms with van der Waals surface area (Å²) < 4.78 is 18.1. The fourth-order valence-corrected chi connectivity index (χ4v) is 4.23. The van der Waals surface area contributed by atoms with Gasteiger partial charge in [-0.1, -0.05) is 29.1 Å². The smallest absolute Gasteiger partial charge is 0.332 e. The zero-order valence-corrected chi connectivity index (χ0v) is 23.3. The van der Waals surface area contributed by atoms with Crippen molar-refractivity contribution in [2.24, 2.45) is 0 Å². The maximum absolute atomic E-state index is 11.9. The van der Waals surface area contributed by atoms with E-state index in [1.165, 1.54) is 0 Å². The van der Waals surface area contributed by atoms with Crippen LogP contribution >= 0.6 is 0 Å². The number of aromatic nitrogens is 3. The van der Waals surface area contributed by atoms with Crippen LogP contribution < -0.4 is 4.90 Å². The molecule has 4 aromatic rings. The molecule has 39 heavy (non-hydrogen) atoms. The first kappa shape index (κ1) is 27.7. The van der Waals surface area contributed by atoms with Crippen molar-refractivity contribution < 1.29 is 18.8 Å². The number of aryl methyl sites for hydroxylation is 3. The monoisotopic (exact) mass is 526 g/mol. The second-order valence-electron chi connectivity index (χ2n) is 10.2. The molecule has 0 aliphatic heterocycles. The van der Waals surface area contributed by atoms with E-state index in [4.69, 9.17) is 14.0 Å². The Bertz CT molecular complexity index is 1450. The summed E-state index contributed by atoms with van der Waals surface area (Å²) >= 11 is 0. The molecule has 0 aliphatic rings. The first-order valence-corrected chi connectivity index (χ1v) is 12.8. The van der Waals surface area contributed by atoms with Crippen LogP contribution in [0.25, 0.3) is 16.8 Å². The van der Waals surface area contributed by atoms with Crippen LogP contribution in [-0.2, 0) is 14.3 Å². The van der Waals surface area contributed by atoms with E-state index in [0.29, 0.717) is 6.54 Å². The number of carbonyl (C=O) groups excluding carboxylic acids is 1. The van der Waals surface area contributed by atoms with Gasteiger partial charge in [0.25, 0.3) is 0 Å². The molecule has 2 heterocycles. The predicted octanol–water partition coefficient (Wildman–Crippen LogP) is 5.95. The fraction of sp³-hybridized carbons (Fsp3) is 0.323. The van der Waals surface area contributed by atoms with Crippen LogP contribution in [0.3, 0.4) is 0 Å². The number of rotatable bonds is 8. The van der Waals surface area contributed by atoms with E-state index < -0.39 is 11.6 Å². The van der Waals surface area contributed by atoms with Gasteiger partial charge in [-0.25, -0.2) is 9.78 Å². The van der Waals surface area contributed by atoms with Crippen molar-refractivity contribution in [2.75, 3.05) is 24.7 Å². The zero-order chi connectivity index (χ0) is 28.0. The minimum absolute atomic E-state index is 0.130. The van der Waals surface area contributed by atoms with E-state index >= 15 is 0 Å². The standard InChI is InChI=1S/C31H34N4O4/c1-22-9-10-25(30-23(2)33-39-24(30)3)19-28(22)35(16-7-8-18-37-20-29(36)38-31(4,5)6)27-13-11-26(12-14-27)34-17-15-32-21-34/h9-15,17,19,21H,16,18,20H2,1-6H3. The lowest BCUT2D eigenvalue weighted by Gasteiger charge is -2.25. The third kappa shape index (κ3) is 7.15. The summed E-state index contributed by atoms with van der Waals surface area (Å²) in [6.07, 6.45) is 5.43. The van der Waals surface area contributed by atoms with Crippen molar-refractivity contribution in [3.05, 3.63) is 78.2 Å². The summed E-state index contributed by atoms with van der Waals surface area (Å²) in [7, 11) is 0. The van der Waals surface area contributed by atoms with Crippen LogP contribution in [0.5, 0.6) is 0 Å². The van der Waals surface area contributed by atoms with Crippen molar-refractivity contribution in [1.29, 1.82) is 0 Å². The van der Waals surface area contributed by atoms with Gasteiger partial charge in [0, 0.05) is 35.0 Å². The SMILES string of the molecule is Cc1ccc(-c2c(C)noc2C)cc1N(CC#CCOCC(=O)OC(C)(C)C)c1ccc(-n2ccnc2)cc1. The maximum Gasteiger partial charge on any atom is 0.332 e. The molecule has 0 saturated heterocycles. The van der Waals surface area contributed by atoms with Crippen LogP contribution in [0.1, 0.15) is 37.8 Å². The van der Waals surface area contributed by atoms with E-state index in [-0.39, 0.29) is 13.2 Å². The Morgan fingerprint density at radius 1 is 1.08 bits per heavy atom. The average Bonchev–Trinajstić information content (AvgIpc) is 3.54. The Labute approximate surface area is 229 Å². The van der Waals surface area contributed by atoms with Crippen molar-refractivity contribution in [3.8, 4) is 28.7 Å². The average molecular weight is 527 g/mol. The number of anilines is 2. The van der Waals surface area contributed by atoms with Crippen LogP contribution in [0, 0.1) is 32.6 Å². The molecule has 8 heteroatoms. The molecular weight excluding hydrogens is 492 g/mol. The third-order valence-electron chi connectivity index (χ3n) is 5.96. The topological polar surface area (TPSA) is 82.6 Å². The van der Waals surface area contributed by atoms with Gasteiger partial charge in [-0.3, -0.25) is 0 Å². The number of imidazole rings is 1. The summed E-state index contributed by atoms with van der Waals surface area (Å²) in [4.78, 5) is 18.2. The van der Waals surface area contributed by atoms with E-state index in [1.807, 2.05) is 45.4 Å². The van der Waals surface area contributed by atoms with Crippen LogP contribution in [0.4, 0.5) is 11.4 Å². The Morgan fingerprint density at radius 2 is 1.85 bits per heavy atom. The summed E-state index contributed by atoms with van der Waals surface area (Å²) in [6, 6.07) is 14.6. The zero-order valence-electron chi connectivity index (χ0n) is 23.3. The first-order chi connectivity index (χ1) is 18.6. The Morgan fingerprint density at radius 3 is 2.49 bits per heavy atom. The molecule has 0 saturated carbocycles. The van der Waals surface area contributed by atoms with Crippen LogP contribution in [-0.4, -0.2) is 46.0 Å². The molecule has 0 aliphatic carbocycles. The first-order valence-electron chi connectivity index (χ1n) is 12.8. The highest BCUT2D eigenvalue weighted by molar-refractivity contribution is 5.77. The third-order valence-corrected chi connectivity index (χ3v) is 5.96. The fourth-order valence-electron chi connectivity index (χ4n) is 4.23. The largest absolute Gasteiger partial charge is 0.458 e. The van der Waals surface area contributed by atoms with E-state index in [0.717, 1.165) is 45.2 Å². The van der Waals surface area contributed by atoms with Crippen LogP contribution in [0.2, 0.25) is 0 Å². The lowest BCUT2D eigenvalue weighted by atomic mass is 10.0. The quantitative estimate of drug-likeness (QED) is 0.159. The molecule has 8 nitrogen and oxygen atoms in total. The molecule has 0 N–H and O–H groups in total. The number of carbonyl (C=O) groups is 1. The molecule has 0 fully saturated rings. The number of ether oxygens (including phenoxy) is 2. The van der Waals surface area contributed by atoms with Gasteiger partial charge in [0.15, 0.2) is 0 Å². The highest BCUT2D eigenvalue weighted by atomic mass is 16.6. The summed E-state index contributed by atoms with van der Waals surface area (Å²) in [5, 5.41) is 4.13.